The van der Waals surface area contributed by atoms with Crippen LogP contribution >= 0.6 is 15.9 Å². The molecule has 0 aliphatic rings. The van der Waals surface area contributed by atoms with Crippen LogP contribution in [0.15, 0.2) is 0 Å². The number of hydrogen-bond acceptors (Lipinski definition) is 5. The van der Waals surface area contributed by atoms with E-state index in [1.54, 1.807) is 13.8 Å². The molecular weight excluding hydrogens is 256 g/mol. The quantitative estimate of drug-likeness (QED) is 0.313. The van der Waals surface area contributed by atoms with Crippen molar-refractivity contribution in [3.05, 3.63) is 0 Å². The Kier molecular flexibility index (Phi) is 6.11. The fourth-order valence-electron chi connectivity index (χ4n) is 0.628. The molecule has 0 saturated heterocycles. The number of carbonyl (C=O) groups excluding carboxylic acids is 3. The van der Waals surface area contributed by atoms with Gasteiger partial charge in [0.1, 0.15) is 0 Å². The van der Waals surface area contributed by atoms with Crippen molar-refractivity contribution in [2.24, 2.45) is 0 Å². The van der Waals surface area contributed by atoms with Crippen molar-refractivity contribution in [2.45, 2.75) is 18.7 Å². The molecule has 1 atom stereocenters. The highest BCUT2D eigenvalue weighted by Gasteiger charge is 2.31. The molecule has 0 aromatic carbocycles. The molecule has 0 aliphatic heterocycles. The van der Waals surface area contributed by atoms with Crippen LogP contribution in [0.1, 0.15) is 13.8 Å². The summed E-state index contributed by atoms with van der Waals surface area (Å²) in [6.45, 7) is 3.41. The Labute approximate surface area is 89.9 Å². The first-order valence-electron chi connectivity index (χ1n) is 4.06. The van der Waals surface area contributed by atoms with Gasteiger partial charge in [-0.2, -0.15) is 0 Å². The molecule has 0 amide bonds. The maximum absolute atomic E-state index is 11.1. The van der Waals surface area contributed by atoms with Gasteiger partial charge in [-0.15, -0.1) is 0 Å². The van der Waals surface area contributed by atoms with E-state index in [0.29, 0.717) is 0 Å². The Hall–Kier alpha value is -0.910. The molecule has 6 heteroatoms. The summed E-state index contributed by atoms with van der Waals surface area (Å²) >= 11 is 2.76. The van der Waals surface area contributed by atoms with Gasteiger partial charge < -0.3 is 9.47 Å². The molecule has 0 spiro atoms. The largest absolute Gasteiger partial charge is 0.465 e. The molecule has 0 heterocycles. The highest BCUT2D eigenvalue weighted by atomic mass is 79.9. The second-order valence-corrected chi connectivity index (χ2v) is 3.12. The lowest BCUT2D eigenvalue weighted by atomic mass is 10.3. The number of hydrogen-bond donors (Lipinski definition) is 0. The zero-order chi connectivity index (χ0) is 11.1. The molecule has 0 radical (unpaired) electrons. The van der Waals surface area contributed by atoms with Crippen molar-refractivity contribution in [3.8, 4) is 0 Å². The number of ketones is 1. The van der Waals surface area contributed by atoms with Gasteiger partial charge in [0.15, 0.2) is 4.83 Å². The smallest absolute Gasteiger partial charge is 0.376 e. The zero-order valence-corrected chi connectivity index (χ0v) is 9.50. The normalized spacial score (nSPS) is 11.6. The van der Waals surface area contributed by atoms with Crippen molar-refractivity contribution in [2.75, 3.05) is 13.2 Å². The number of ether oxygens (including phenoxy) is 2. The Morgan fingerprint density at radius 2 is 1.64 bits per heavy atom. The van der Waals surface area contributed by atoms with E-state index < -0.39 is 22.5 Å². The average molecular weight is 267 g/mol. The summed E-state index contributed by atoms with van der Waals surface area (Å²) in [5.74, 6) is -2.78. The van der Waals surface area contributed by atoms with Crippen LogP contribution < -0.4 is 0 Å². The third-order valence-electron chi connectivity index (χ3n) is 1.20. The van der Waals surface area contributed by atoms with Gasteiger partial charge in [-0.1, -0.05) is 15.9 Å². The first-order valence-corrected chi connectivity index (χ1v) is 4.97. The van der Waals surface area contributed by atoms with Crippen LogP contribution in [0.4, 0.5) is 0 Å². The van der Waals surface area contributed by atoms with E-state index in [1.165, 1.54) is 0 Å². The van der Waals surface area contributed by atoms with Crippen molar-refractivity contribution < 1.29 is 23.9 Å². The van der Waals surface area contributed by atoms with Crippen LogP contribution in [0.3, 0.4) is 0 Å². The van der Waals surface area contributed by atoms with Gasteiger partial charge in [0.25, 0.3) is 5.78 Å². The van der Waals surface area contributed by atoms with Crippen LogP contribution in [0.2, 0.25) is 0 Å². The molecule has 1 unspecified atom stereocenters. The Bertz CT molecular complexity index is 238. The third-order valence-corrected chi connectivity index (χ3v) is 1.99. The Morgan fingerprint density at radius 1 is 1.14 bits per heavy atom. The highest BCUT2D eigenvalue weighted by molar-refractivity contribution is 9.10. The number of rotatable bonds is 5. The summed E-state index contributed by atoms with van der Waals surface area (Å²) in [6, 6.07) is 0. The maximum atomic E-state index is 11.1. The summed E-state index contributed by atoms with van der Waals surface area (Å²) in [7, 11) is 0. The highest BCUT2D eigenvalue weighted by Crippen LogP contribution is 2.05. The molecule has 0 aromatic heterocycles. The standard InChI is InChI=1S/C8H11BrO5/c1-3-13-7(11)5(9)6(10)8(12)14-4-2/h5H,3-4H2,1-2H3. The van der Waals surface area contributed by atoms with Crippen LogP contribution in [0.5, 0.6) is 0 Å². The Morgan fingerprint density at radius 3 is 2.07 bits per heavy atom. The minimum absolute atomic E-state index is 0.0904. The van der Waals surface area contributed by atoms with E-state index in [9.17, 15) is 14.4 Å². The molecule has 0 aliphatic carbocycles. The third kappa shape index (κ3) is 3.87. The predicted octanol–water partition coefficient (Wildman–Crippen LogP) is 0.445. The first kappa shape index (κ1) is 13.1. The molecule has 0 saturated carbocycles. The fourth-order valence-corrected chi connectivity index (χ4v) is 0.947. The van der Waals surface area contributed by atoms with E-state index in [1.807, 2.05) is 0 Å². The summed E-state index contributed by atoms with van der Waals surface area (Å²) in [4.78, 5) is 31.7. The van der Waals surface area contributed by atoms with Gasteiger partial charge in [0.05, 0.1) is 13.2 Å². The van der Waals surface area contributed by atoms with Crippen LogP contribution in [0, 0.1) is 0 Å². The van der Waals surface area contributed by atoms with Crippen LogP contribution in [-0.4, -0.2) is 35.8 Å². The van der Waals surface area contributed by atoms with Crippen molar-refractivity contribution in [1.29, 1.82) is 0 Å². The first-order chi connectivity index (χ1) is 6.54. The van der Waals surface area contributed by atoms with Crippen LogP contribution in [0.25, 0.3) is 0 Å². The molecule has 0 N–H and O–H groups in total. The topological polar surface area (TPSA) is 69.7 Å². The molecule has 0 aromatic rings. The monoisotopic (exact) mass is 266 g/mol. The lowest BCUT2D eigenvalue weighted by Crippen LogP contribution is -2.33. The summed E-state index contributed by atoms with van der Waals surface area (Å²) in [5.41, 5.74) is 0. The molecule has 0 bridgehead atoms. The second-order valence-electron chi connectivity index (χ2n) is 2.20. The maximum Gasteiger partial charge on any atom is 0.376 e. The lowest BCUT2D eigenvalue weighted by molar-refractivity contribution is -0.156. The van der Waals surface area contributed by atoms with E-state index in [0.717, 1.165) is 0 Å². The molecule has 0 fully saturated rings. The molecule has 14 heavy (non-hydrogen) atoms. The minimum atomic E-state index is -1.28. The number of halogens is 1. The predicted molar refractivity (Wildman–Crippen MR) is 51.0 cm³/mol. The average Bonchev–Trinajstić information content (AvgIpc) is 2.16. The summed E-state index contributed by atoms with van der Waals surface area (Å²) in [6.07, 6.45) is 0. The number of esters is 2. The molecule has 80 valence electrons. The van der Waals surface area contributed by atoms with Gasteiger partial charge in [-0.3, -0.25) is 9.59 Å². The minimum Gasteiger partial charge on any atom is -0.465 e. The summed E-state index contributed by atoms with van der Waals surface area (Å²) < 4.78 is 8.97. The SMILES string of the molecule is CCOC(=O)C(=O)C(Br)C(=O)OCC. The Balaban J connectivity index is 4.24. The van der Waals surface area contributed by atoms with Crippen LogP contribution in [-0.2, 0) is 23.9 Å². The second kappa shape index (κ2) is 6.53. The van der Waals surface area contributed by atoms with Crippen molar-refractivity contribution in [3.63, 3.8) is 0 Å². The van der Waals surface area contributed by atoms with Gasteiger partial charge in [0, 0.05) is 0 Å². The van der Waals surface area contributed by atoms with E-state index >= 15 is 0 Å². The molecule has 5 nitrogen and oxygen atoms in total. The van der Waals surface area contributed by atoms with Gasteiger partial charge in [-0.25, -0.2) is 4.79 Å². The van der Waals surface area contributed by atoms with Crippen molar-refractivity contribution in [1.82, 2.24) is 0 Å². The summed E-state index contributed by atoms with van der Waals surface area (Å²) in [5, 5.41) is 0. The van der Waals surface area contributed by atoms with Crippen molar-refractivity contribution >= 4 is 33.7 Å². The molecular formula is C8H11BrO5. The number of carbonyl (C=O) groups is 3. The van der Waals surface area contributed by atoms with E-state index in [4.69, 9.17) is 0 Å². The fraction of sp³-hybridized carbons (Fsp3) is 0.625. The number of Topliss-reactive ketones (excluding diaryl/α,β-unsaturated/α-hetero) is 1. The van der Waals surface area contributed by atoms with Gasteiger partial charge in [0.2, 0.25) is 0 Å². The lowest BCUT2D eigenvalue weighted by Gasteiger charge is -2.06. The zero-order valence-electron chi connectivity index (χ0n) is 7.91. The molecule has 0 rings (SSSR count). The van der Waals surface area contributed by atoms with E-state index in [-0.39, 0.29) is 13.2 Å². The van der Waals surface area contributed by atoms with Gasteiger partial charge in [-0.05, 0) is 13.8 Å². The van der Waals surface area contributed by atoms with E-state index in [2.05, 4.69) is 25.4 Å². The van der Waals surface area contributed by atoms with Gasteiger partial charge >= 0.3 is 11.9 Å². The number of alkyl halides is 1.